The van der Waals surface area contributed by atoms with Crippen LogP contribution in [0.3, 0.4) is 0 Å². The summed E-state index contributed by atoms with van der Waals surface area (Å²) < 4.78 is 40.1. The molecule has 0 aromatic heterocycles. The number of fused-ring (bicyclic) bond motifs is 2. The van der Waals surface area contributed by atoms with E-state index in [-0.39, 0.29) is 13.6 Å². The van der Waals surface area contributed by atoms with Crippen molar-refractivity contribution in [3.63, 3.8) is 0 Å². The second-order valence-corrected chi connectivity index (χ2v) is 23.1. The van der Waals surface area contributed by atoms with E-state index in [0.29, 0.717) is 17.2 Å². The SMILES string of the molecule is CCC[CH2][Sn]([CH2]CCC)([CH2]CCC)/[C](=C/c1cc(OC)c2c(c1)OCO2)c1cc(OC)c2c(c1)OCO2. The van der Waals surface area contributed by atoms with Gasteiger partial charge in [0.1, 0.15) is 0 Å². The van der Waals surface area contributed by atoms with Crippen LogP contribution in [-0.4, -0.2) is 46.2 Å². The van der Waals surface area contributed by atoms with E-state index < -0.39 is 18.4 Å². The molecular formula is C30H42O6Sn. The second kappa shape index (κ2) is 13.0. The number of methoxy groups -OCH3 is 2. The van der Waals surface area contributed by atoms with E-state index in [9.17, 15) is 0 Å². The van der Waals surface area contributed by atoms with Crippen LogP contribution in [0.15, 0.2) is 24.3 Å². The summed E-state index contributed by atoms with van der Waals surface area (Å²) in [4.78, 5) is 0. The quantitative estimate of drug-likeness (QED) is 0.158. The Morgan fingerprint density at radius 2 is 1.24 bits per heavy atom. The first-order valence-corrected chi connectivity index (χ1v) is 21.2. The predicted octanol–water partition coefficient (Wildman–Crippen LogP) is 8.09. The van der Waals surface area contributed by atoms with E-state index in [1.807, 2.05) is 0 Å². The molecular weight excluding hydrogens is 575 g/mol. The standard InChI is InChI=1S/C18H15O6.3C4H9.Sn/c1-19-13-5-11(7-15-17(13)23-9-21-15)3-4-12-6-14(20-2)18-16(8-12)22-10-24-18;3*1-3-4-2;/h3,5-8H,9-10H2,1-2H3;3*1,3-4H2,2H3;. The molecule has 0 unspecified atom stereocenters. The summed E-state index contributed by atoms with van der Waals surface area (Å²) in [7, 11) is 3.39. The molecule has 2 aliphatic heterocycles. The fourth-order valence-corrected chi connectivity index (χ4v) is 22.3. The van der Waals surface area contributed by atoms with Crippen LogP contribution in [0.25, 0.3) is 9.67 Å². The monoisotopic (exact) mass is 618 g/mol. The van der Waals surface area contributed by atoms with Gasteiger partial charge in [0.25, 0.3) is 0 Å². The molecule has 0 saturated carbocycles. The van der Waals surface area contributed by atoms with Crippen molar-refractivity contribution >= 4 is 28.0 Å². The summed E-state index contributed by atoms with van der Waals surface area (Å²) in [5.41, 5.74) is 2.29. The molecule has 4 rings (SSSR count). The van der Waals surface area contributed by atoms with Crippen LogP contribution in [0.5, 0.6) is 34.5 Å². The zero-order valence-electron chi connectivity index (χ0n) is 23.1. The molecule has 0 fully saturated rings. The van der Waals surface area contributed by atoms with Crippen LogP contribution in [0.1, 0.15) is 70.4 Å². The van der Waals surface area contributed by atoms with Gasteiger partial charge in [0.2, 0.25) is 0 Å². The van der Waals surface area contributed by atoms with Crippen molar-refractivity contribution in [1.82, 2.24) is 0 Å². The molecule has 0 N–H and O–H groups in total. The van der Waals surface area contributed by atoms with Crippen molar-refractivity contribution in [3.05, 3.63) is 35.4 Å². The van der Waals surface area contributed by atoms with E-state index in [1.165, 1.54) is 61.0 Å². The van der Waals surface area contributed by atoms with Crippen LogP contribution in [-0.2, 0) is 0 Å². The average Bonchev–Trinajstić information content (AvgIpc) is 3.60. The van der Waals surface area contributed by atoms with Crippen molar-refractivity contribution in [2.45, 2.75) is 72.6 Å². The Balaban J connectivity index is 1.94. The number of benzene rings is 2. The third-order valence-corrected chi connectivity index (χ3v) is 23.3. The summed E-state index contributed by atoms with van der Waals surface area (Å²) in [5.74, 6) is 4.34. The first-order chi connectivity index (χ1) is 18.1. The number of rotatable bonds is 14. The van der Waals surface area contributed by atoms with Gasteiger partial charge < -0.3 is 0 Å². The van der Waals surface area contributed by atoms with Crippen LogP contribution < -0.4 is 28.4 Å². The molecule has 2 aliphatic rings. The third-order valence-electron chi connectivity index (χ3n) is 7.56. The Labute approximate surface area is 226 Å². The van der Waals surface area contributed by atoms with Gasteiger partial charge in [-0.15, -0.1) is 0 Å². The van der Waals surface area contributed by atoms with Crippen molar-refractivity contribution in [1.29, 1.82) is 0 Å². The number of hydrogen-bond donors (Lipinski definition) is 0. The minimum absolute atomic E-state index is 0.220. The third kappa shape index (κ3) is 6.10. The Morgan fingerprint density at radius 3 is 1.76 bits per heavy atom. The molecule has 7 heteroatoms. The minimum atomic E-state index is -2.94. The molecule has 2 heterocycles. The molecule has 0 spiro atoms. The van der Waals surface area contributed by atoms with E-state index in [0.717, 1.165) is 22.8 Å². The van der Waals surface area contributed by atoms with Gasteiger partial charge in [-0.1, -0.05) is 0 Å². The van der Waals surface area contributed by atoms with E-state index in [1.54, 1.807) is 14.2 Å². The first-order valence-electron chi connectivity index (χ1n) is 13.8. The van der Waals surface area contributed by atoms with Gasteiger partial charge in [-0.25, -0.2) is 0 Å². The molecule has 6 nitrogen and oxygen atoms in total. The number of unbranched alkanes of at least 4 members (excludes halogenated alkanes) is 3. The zero-order valence-corrected chi connectivity index (χ0v) is 26.0. The Morgan fingerprint density at radius 1 is 0.730 bits per heavy atom. The van der Waals surface area contributed by atoms with Gasteiger partial charge in [-0.2, -0.15) is 0 Å². The number of ether oxygens (including phenoxy) is 6. The van der Waals surface area contributed by atoms with Gasteiger partial charge in [-0.05, 0) is 0 Å². The Kier molecular flexibility index (Phi) is 9.79. The fourth-order valence-electron chi connectivity index (χ4n) is 5.55. The zero-order chi connectivity index (χ0) is 26.3. The van der Waals surface area contributed by atoms with Gasteiger partial charge >= 0.3 is 227 Å². The molecule has 0 aliphatic carbocycles. The molecule has 2 aromatic rings. The maximum absolute atomic E-state index is 5.87. The van der Waals surface area contributed by atoms with Gasteiger partial charge in [0, 0.05) is 0 Å². The summed E-state index contributed by atoms with van der Waals surface area (Å²) in [6.45, 7) is 7.38. The first kappa shape index (κ1) is 27.8. The molecule has 2 aromatic carbocycles. The molecule has 0 radical (unpaired) electrons. The molecule has 0 atom stereocenters. The molecule has 0 bridgehead atoms. The normalized spacial score (nSPS) is 14.2. The Hall–Kier alpha value is -2.22. The van der Waals surface area contributed by atoms with Crippen molar-refractivity contribution < 1.29 is 28.4 Å². The summed E-state index contributed by atoms with van der Waals surface area (Å²) >= 11 is -2.94. The van der Waals surface area contributed by atoms with Crippen molar-refractivity contribution in [2.75, 3.05) is 27.8 Å². The van der Waals surface area contributed by atoms with Gasteiger partial charge in [-0.3, -0.25) is 0 Å². The Bertz CT molecular complexity index is 1070. The number of hydrogen-bond acceptors (Lipinski definition) is 6. The van der Waals surface area contributed by atoms with E-state index in [2.05, 4.69) is 51.1 Å². The van der Waals surface area contributed by atoms with Crippen LogP contribution in [0.2, 0.25) is 13.3 Å². The van der Waals surface area contributed by atoms with Crippen LogP contribution >= 0.6 is 0 Å². The topological polar surface area (TPSA) is 55.4 Å². The summed E-state index contributed by atoms with van der Waals surface area (Å²) in [6.07, 6.45) is 9.87. The van der Waals surface area contributed by atoms with E-state index >= 15 is 0 Å². The average molecular weight is 617 g/mol. The van der Waals surface area contributed by atoms with Crippen molar-refractivity contribution in [2.24, 2.45) is 0 Å². The van der Waals surface area contributed by atoms with Crippen molar-refractivity contribution in [3.8, 4) is 34.5 Å². The second-order valence-electron chi connectivity index (χ2n) is 10.0. The predicted molar refractivity (Wildman–Crippen MR) is 151 cm³/mol. The van der Waals surface area contributed by atoms with E-state index in [4.69, 9.17) is 28.4 Å². The fraction of sp³-hybridized carbons (Fsp3) is 0.533. The van der Waals surface area contributed by atoms with Gasteiger partial charge in [0.15, 0.2) is 0 Å². The summed E-state index contributed by atoms with van der Waals surface area (Å²) in [5, 5.41) is 0. The molecule has 0 amide bonds. The van der Waals surface area contributed by atoms with Crippen LogP contribution in [0.4, 0.5) is 0 Å². The molecule has 0 saturated heterocycles. The van der Waals surface area contributed by atoms with Crippen LogP contribution in [0, 0.1) is 0 Å². The van der Waals surface area contributed by atoms with Gasteiger partial charge in [0.05, 0.1) is 0 Å². The molecule has 202 valence electrons. The summed E-state index contributed by atoms with van der Waals surface area (Å²) in [6, 6.07) is 8.51. The maximum atomic E-state index is 5.87. The molecule has 37 heavy (non-hydrogen) atoms.